The zero-order chi connectivity index (χ0) is 13.4. The number of nitrogens with two attached hydrogens (primary N) is 1. The number of para-hydroxylation sites is 1. The molecule has 3 N–H and O–H groups in total. The molecule has 0 bridgehead atoms. The number of nitrogens with zero attached hydrogens (tertiary/aromatic N) is 2. The number of aromatic amines is 1. The maximum Gasteiger partial charge on any atom is 0.182 e. The largest absolute Gasteiger partial charge is 0.386 e. The summed E-state index contributed by atoms with van der Waals surface area (Å²) in [5, 5.41) is 9.96. The first-order valence-corrected chi connectivity index (χ1v) is 6.02. The van der Waals surface area contributed by atoms with Crippen molar-refractivity contribution in [3.05, 3.63) is 36.0 Å². The highest BCUT2D eigenvalue weighted by molar-refractivity contribution is 6.12. The number of hydrogen-bond acceptors (Lipinski definition) is 4. The summed E-state index contributed by atoms with van der Waals surface area (Å²) in [5.41, 5.74) is 7.65. The van der Waals surface area contributed by atoms with Crippen LogP contribution in [-0.4, -0.2) is 22.6 Å². The number of hydrogen-bond donors (Lipinski definition) is 2. The summed E-state index contributed by atoms with van der Waals surface area (Å²) in [6, 6.07) is 9.23. The quantitative estimate of drug-likeness (QED) is 0.839. The van der Waals surface area contributed by atoms with Gasteiger partial charge in [-0.25, -0.2) is 0 Å². The first-order chi connectivity index (χ1) is 9.20. The molecule has 0 aliphatic carbocycles. The highest BCUT2D eigenvalue weighted by Gasteiger charge is 2.36. The smallest absolute Gasteiger partial charge is 0.182 e. The lowest BCUT2D eigenvalue weighted by molar-refractivity contribution is -0.120. The standard InChI is InChI=1S/C14H12N4O/c15-6-10-13(19)12(18-14(10)16)5-8-7-17-11-4-2-1-3-9(8)11/h1-4,7,10,12,17H,5H2,(H2,16,18). The van der Waals surface area contributed by atoms with Crippen molar-refractivity contribution in [2.24, 2.45) is 16.6 Å². The molecular weight excluding hydrogens is 240 g/mol. The predicted octanol–water partition coefficient (Wildman–Crippen LogP) is 1.16. The molecule has 5 heteroatoms. The van der Waals surface area contributed by atoms with Gasteiger partial charge in [-0.3, -0.25) is 9.79 Å². The minimum absolute atomic E-state index is 0.136. The van der Waals surface area contributed by atoms with Crippen LogP contribution in [0.1, 0.15) is 5.56 Å². The van der Waals surface area contributed by atoms with Crippen molar-refractivity contribution in [2.45, 2.75) is 12.5 Å². The van der Waals surface area contributed by atoms with Gasteiger partial charge in [-0.15, -0.1) is 0 Å². The van der Waals surface area contributed by atoms with Gasteiger partial charge < -0.3 is 10.7 Å². The average Bonchev–Trinajstić information content (AvgIpc) is 2.93. The molecule has 3 rings (SSSR count). The normalized spacial score (nSPS) is 22.5. The van der Waals surface area contributed by atoms with E-state index in [0.717, 1.165) is 16.5 Å². The number of carbonyl (C=O) groups is 1. The van der Waals surface area contributed by atoms with Crippen LogP contribution in [-0.2, 0) is 11.2 Å². The number of carbonyl (C=O) groups excluding carboxylic acids is 1. The van der Waals surface area contributed by atoms with Gasteiger partial charge in [-0.05, 0) is 11.6 Å². The molecular formula is C14H12N4O. The van der Waals surface area contributed by atoms with E-state index >= 15 is 0 Å². The van der Waals surface area contributed by atoms with Gasteiger partial charge in [-0.2, -0.15) is 5.26 Å². The van der Waals surface area contributed by atoms with Crippen LogP contribution in [0.5, 0.6) is 0 Å². The van der Waals surface area contributed by atoms with Gasteiger partial charge in [0, 0.05) is 23.5 Å². The van der Waals surface area contributed by atoms with Crippen LogP contribution in [0.3, 0.4) is 0 Å². The Labute approximate surface area is 109 Å². The lowest BCUT2D eigenvalue weighted by Gasteiger charge is -2.04. The second-order valence-corrected chi connectivity index (χ2v) is 4.60. The number of rotatable bonds is 2. The Kier molecular flexibility index (Phi) is 2.57. The molecule has 0 saturated heterocycles. The number of fused-ring (bicyclic) bond motifs is 1. The van der Waals surface area contributed by atoms with Crippen molar-refractivity contribution < 1.29 is 4.79 Å². The first-order valence-electron chi connectivity index (χ1n) is 6.02. The summed E-state index contributed by atoms with van der Waals surface area (Å²) in [7, 11) is 0. The molecule has 0 radical (unpaired) electrons. The Morgan fingerprint density at radius 1 is 1.42 bits per heavy atom. The summed E-state index contributed by atoms with van der Waals surface area (Å²) in [4.78, 5) is 19.3. The van der Waals surface area contributed by atoms with E-state index in [2.05, 4.69) is 9.98 Å². The third kappa shape index (κ3) is 1.78. The van der Waals surface area contributed by atoms with E-state index in [1.807, 2.05) is 36.5 Å². The van der Waals surface area contributed by atoms with E-state index in [4.69, 9.17) is 11.0 Å². The molecule has 2 unspecified atom stereocenters. The van der Waals surface area contributed by atoms with Crippen molar-refractivity contribution in [1.82, 2.24) is 4.98 Å². The Morgan fingerprint density at radius 2 is 2.21 bits per heavy atom. The van der Waals surface area contributed by atoms with Gasteiger partial charge in [0.2, 0.25) is 0 Å². The minimum atomic E-state index is -0.879. The monoisotopic (exact) mass is 252 g/mol. The number of Topliss-reactive ketones (excluding diaryl/α,β-unsaturated/α-hetero) is 1. The number of nitrogens with one attached hydrogen (secondary N) is 1. The summed E-state index contributed by atoms with van der Waals surface area (Å²) in [6.07, 6.45) is 2.35. The molecule has 1 aliphatic rings. The van der Waals surface area contributed by atoms with Crippen LogP contribution in [0.15, 0.2) is 35.5 Å². The summed E-state index contributed by atoms with van der Waals surface area (Å²) in [5.74, 6) is -0.946. The topological polar surface area (TPSA) is 95.0 Å². The van der Waals surface area contributed by atoms with Crippen molar-refractivity contribution in [2.75, 3.05) is 0 Å². The van der Waals surface area contributed by atoms with Crippen LogP contribution in [0.25, 0.3) is 10.9 Å². The molecule has 2 atom stereocenters. The zero-order valence-corrected chi connectivity index (χ0v) is 10.1. The second-order valence-electron chi connectivity index (χ2n) is 4.60. The van der Waals surface area contributed by atoms with E-state index in [-0.39, 0.29) is 11.6 Å². The molecule has 2 aromatic rings. The SMILES string of the molecule is N#CC1C(=O)C(Cc2c[nH]c3ccccc23)N=C1N. The molecule has 1 aliphatic heterocycles. The van der Waals surface area contributed by atoms with E-state index in [0.29, 0.717) is 6.42 Å². The van der Waals surface area contributed by atoms with Crippen LogP contribution in [0, 0.1) is 17.2 Å². The lowest BCUT2D eigenvalue weighted by Crippen LogP contribution is -2.26. The Morgan fingerprint density at radius 3 is 2.95 bits per heavy atom. The number of H-pyrrole nitrogens is 1. The van der Waals surface area contributed by atoms with E-state index in [1.54, 1.807) is 0 Å². The predicted molar refractivity (Wildman–Crippen MR) is 71.5 cm³/mol. The maximum absolute atomic E-state index is 12.0. The third-order valence-corrected chi connectivity index (χ3v) is 3.43. The summed E-state index contributed by atoms with van der Waals surface area (Å²) < 4.78 is 0. The van der Waals surface area contributed by atoms with Gasteiger partial charge in [0.25, 0.3) is 0 Å². The molecule has 1 aromatic carbocycles. The number of ketones is 1. The number of amidine groups is 1. The average molecular weight is 252 g/mol. The van der Waals surface area contributed by atoms with Gasteiger partial charge in [0.05, 0.1) is 6.07 Å². The van der Waals surface area contributed by atoms with Gasteiger partial charge in [0.15, 0.2) is 11.7 Å². The molecule has 0 spiro atoms. The first kappa shape index (κ1) is 11.5. The Bertz CT molecular complexity index is 722. The van der Waals surface area contributed by atoms with E-state index in [1.165, 1.54) is 0 Å². The fourth-order valence-corrected chi connectivity index (χ4v) is 2.44. The number of benzene rings is 1. The van der Waals surface area contributed by atoms with E-state index in [9.17, 15) is 4.79 Å². The van der Waals surface area contributed by atoms with Crippen molar-refractivity contribution in [3.8, 4) is 6.07 Å². The Hall–Kier alpha value is -2.61. The fraction of sp³-hybridized carbons (Fsp3) is 0.214. The van der Waals surface area contributed by atoms with Crippen LogP contribution < -0.4 is 5.73 Å². The second kappa shape index (κ2) is 4.25. The van der Waals surface area contributed by atoms with Crippen LogP contribution >= 0.6 is 0 Å². The van der Waals surface area contributed by atoms with Crippen molar-refractivity contribution in [1.29, 1.82) is 5.26 Å². The van der Waals surface area contributed by atoms with E-state index < -0.39 is 12.0 Å². The van der Waals surface area contributed by atoms with Gasteiger partial charge in [0.1, 0.15) is 11.9 Å². The van der Waals surface area contributed by atoms with Crippen molar-refractivity contribution in [3.63, 3.8) is 0 Å². The molecule has 0 fully saturated rings. The molecule has 19 heavy (non-hydrogen) atoms. The molecule has 0 amide bonds. The molecule has 2 heterocycles. The number of aromatic nitrogens is 1. The highest BCUT2D eigenvalue weighted by atomic mass is 16.1. The lowest BCUT2D eigenvalue weighted by atomic mass is 9.97. The summed E-state index contributed by atoms with van der Waals surface area (Å²) >= 11 is 0. The maximum atomic E-state index is 12.0. The fourth-order valence-electron chi connectivity index (χ4n) is 2.44. The zero-order valence-electron chi connectivity index (χ0n) is 10.1. The molecule has 94 valence electrons. The molecule has 0 saturated carbocycles. The highest BCUT2D eigenvalue weighted by Crippen LogP contribution is 2.23. The summed E-state index contributed by atoms with van der Waals surface area (Å²) in [6.45, 7) is 0. The van der Waals surface area contributed by atoms with Crippen molar-refractivity contribution >= 4 is 22.5 Å². The van der Waals surface area contributed by atoms with Gasteiger partial charge >= 0.3 is 0 Å². The number of nitriles is 1. The third-order valence-electron chi connectivity index (χ3n) is 3.43. The van der Waals surface area contributed by atoms with Gasteiger partial charge in [-0.1, -0.05) is 18.2 Å². The molecule has 1 aromatic heterocycles. The molecule has 5 nitrogen and oxygen atoms in total. The van der Waals surface area contributed by atoms with Crippen LogP contribution in [0.4, 0.5) is 0 Å². The number of aliphatic imine (C=N–C) groups is 1. The van der Waals surface area contributed by atoms with Crippen LogP contribution in [0.2, 0.25) is 0 Å². The minimum Gasteiger partial charge on any atom is -0.386 e. The Balaban J connectivity index is 1.91.